The predicted molar refractivity (Wildman–Crippen MR) is 148 cm³/mol. The zero-order chi connectivity index (χ0) is 25.7. The van der Waals surface area contributed by atoms with E-state index in [1.165, 1.54) is 88.0 Å². The van der Waals surface area contributed by atoms with Gasteiger partial charge in [0, 0.05) is 23.9 Å². The van der Waals surface area contributed by atoms with E-state index in [2.05, 4.69) is 38.8 Å². The van der Waals surface area contributed by atoms with Gasteiger partial charge in [-0.25, -0.2) is 0 Å². The summed E-state index contributed by atoms with van der Waals surface area (Å²) < 4.78 is 0.993. The Kier molecular flexibility index (Phi) is 13.9. The lowest BCUT2D eigenvalue weighted by Gasteiger charge is -2.23. The van der Waals surface area contributed by atoms with E-state index in [9.17, 15) is 19.8 Å². The maximum absolute atomic E-state index is 12.9. The molecule has 35 heavy (non-hydrogen) atoms. The molecule has 0 saturated carbocycles. The SMILES string of the molecule is CCCCCCCCCCCCCCCCCC(=O)N1CC[C@](O)(c2cc(O)c(Br)c(Br)c2)C1=O. The normalized spacial score (nSPS) is 17.9. The lowest BCUT2D eigenvalue weighted by molar-refractivity contribution is -0.151. The van der Waals surface area contributed by atoms with Crippen molar-refractivity contribution in [2.24, 2.45) is 0 Å². The molecule has 2 N–H and O–H groups in total. The molecule has 2 amide bonds. The van der Waals surface area contributed by atoms with Crippen molar-refractivity contribution in [3.8, 4) is 5.75 Å². The molecule has 1 fully saturated rings. The summed E-state index contributed by atoms with van der Waals surface area (Å²) in [7, 11) is 0. The van der Waals surface area contributed by atoms with E-state index in [4.69, 9.17) is 0 Å². The minimum absolute atomic E-state index is 0.0711. The molecular formula is C28H43Br2NO4. The van der Waals surface area contributed by atoms with Gasteiger partial charge in [0.05, 0.1) is 4.47 Å². The fraction of sp³-hybridized carbons (Fsp3) is 0.714. The van der Waals surface area contributed by atoms with Gasteiger partial charge >= 0.3 is 0 Å². The van der Waals surface area contributed by atoms with Gasteiger partial charge in [0.25, 0.3) is 5.91 Å². The smallest absolute Gasteiger partial charge is 0.265 e. The molecule has 0 bridgehead atoms. The van der Waals surface area contributed by atoms with Gasteiger partial charge < -0.3 is 10.2 Å². The number of halogens is 2. The minimum atomic E-state index is -1.79. The van der Waals surface area contributed by atoms with Crippen LogP contribution in [-0.2, 0) is 15.2 Å². The third-order valence-corrected chi connectivity index (χ3v) is 9.07. The highest BCUT2D eigenvalue weighted by Crippen LogP contribution is 2.40. The van der Waals surface area contributed by atoms with E-state index in [0.29, 0.717) is 15.4 Å². The number of nitrogens with zero attached hydrogens (tertiary/aromatic N) is 1. The zero-order valence-electron chi connectivity index (χ0n) is 21.3. The van der Waals surface area contributed by atoms with Crippen molar-refractivity contribution in [2.45, 2.75) is 122 Å². The molecule has 0 radical (unpaired) electrons. The number of phenols is 1. The second-order valence-electron chi connectivity index (χ2n) is 9.95. The molecule has 0 aliphatic carbocycles. The number of phenolic OH excluding ortho intramolecular Hbond substituents is 1. The average Bonchev–Trinajstić information content (AvgIpc) is 3.15. The number of unbranched alkanes of at least 4 members (excludes halogenated alkanes) is 14. The number of carbonyl (C=O) groups is 2. The third kappa shape index (κ3) is 9.47. The average molecular weight is 617 g/mol. The minimum Gasteiger partial charge on any atom is -0.507 e. The molecule has 1 aromatic carbocycles. The van der Waals surface area contributed by atoms with Crippen LogP contribution in [0, 0.1) is 0 Å². The molecule has 198 valence electrons. The zero-order valence-corrected chi connectivity index (χ0v) is 24.5. The van der Waals surface area contributed by atoms with Gasteiger partial charge in [-0.3, -0.25) is 14.5 Å². The highest BCUT2D eigenvalue weighted by Gasteiger charge is 2.48. The third-order valence-electron chi connectivity index (χ3n) is 7.08. The van der Waals surface area contributed by atoms with E-state index >= 15 is 0 Å². The van der Waals surface area contributed by atoms with Crippen LogP contribution in [0.1, 0.15) is 122 Å². The Morgan fingerprint density at radius 3 is 1.86 bits per heavy atom. The molecule has 1 atom stereocenters. The van der Waals surface area contributed by atoms with E-state index in [-0.39, 0.29) is 30.2 Å². The Labute approximate surface area is 228 Å². The molecule has 0 aromatic heterocycles. The highest BCUT2D eigenvalue weighted by molar-refractivity contribution is 9.13. The van der Waals surface area contributed by atoms with Gasteiger partial charge in [-0.1, -0.05) is 96.8 Å². The van der Waals surface area contributed by atoms with Crippen molar-refractivity contribution in [1.29, 1.82) is 0 Å². The van der Waals surface area contributed by atoms with Crippen LogP contribution in [0.25, 0.3) is 0 Å². The molecule has 0 spiro atoms. The molecule has 2 rings (SSSR count). The van der Waals surface area contributed by atoms with Gasteiger partial charge in [-0.15, -0.1) is 0 Å². The molecule has 1 aromatic rings. The summed E-state index contributed by atoms with van der Waals surface area (Å²) in [6, 6.07) is 2.97. The van der Waals surface area contributed by atoms with Crippen LogP contribution >= 0.6 is 31.9 Å². The summed E-state index contributed by atoms with van der Waals surface area (Å²) >= 11 is 6.55. The Morgan fingerprint density at radius 2 is 1.37 bits per heavy atom. The van der Waals surface area contributed by atoms with Gasteiger partial charge in [0.15, 0.2) is 5.60 Å². The molecule has 1 aliphatic rings. The summed E-state index contributed by atoms with van der Waals surface area (Å²) in [5, 5.41) is 21.0. The summed E-state index contributed by atoms with van der Waals surface area (Å²) in [6.07, 6.45) is 19.4. The molecule has 1 heterocycles. The Bertz CT molecular complexity index is 793. The second-order valence-corrected chi connectivity index (χ2v) is 11.6. The largest absolute Gasteiger partial charge is 0.507 e. The predicted octanol–water partition coefficient (Wildman–Crippen LogP) is 8.13. The lowest BCUT2D eigenvalue weighted by atomic mass is 9.92. The molecule has 5 nitrogen and oxygen atoms in total. The van der Waals surface area contributed by atoms with Crippen LogP contribution in [0.5, 0.6) is 5.75 Å². The number of aliphatic hydroxyl groups is 1. The van der Waals surface area contributed by atoms with Crippen LogP contribution in [0.3, 0.4) is 0 Å². The van der Waals surface area contributed by atoms with Gasteiger partial charge in [0.2, 0.25) is 5.91 Å². The maximum Gasteiger partial charge on any atom is 0.265 e. The van der Waals surface area contributed by atoms with Crippen LogP contribution in [0.15, 0.2) is 21.1 Å². The molecular weight excluding hydrogens is 574 g/mol. The van der Waals surface area contributed by atoms with Gasteiger partial charge in [0.1, 0.15) is 5.75 Å². The first-order chi connectivity index (χ1) is 16.8. The van der Waals surface area contributed by atoms with Crippen molar-refractivity contribution >= 4 is 43.7 Å². The summed E-state index contributed by atoms with van der Waals surface area (Å²) in [5.41, 5.74) is -1.50. The van der Waals surface area contributed by atoms with Crippen LogP contribution in [0.4, 0.5) is 0 Å². The maximum atomic E-state index is 12.9. The summed E-state index contributed by atoms with van der Waals surface area (Å²) in [4.78, 5) is 26.7. The Morgan fingerprint density at radius 1 is 0.886 bits per heavy atom. The fourth-order valence-electron chi connectivity index (χ4n) is 4.81. The highest BCUT2D eigenvalue weighted by atomic mass is 79.9. The number of aromatic hydroxyl groups is 1. The number of rotatable bonds is 17. The molecule has 0 unspecified atom stereocenters. The number of benzene rings is 1. The van der Waals surface area contributed by atoms with Crippen LogP contribution in [-0.4, -0.2) is 33.5 Å². The lowest BCUT2D eigenvalue weighted by Crippen LogP contribution is -2.40. The van der Waals surface area contributed by atoms with Gasteiger partial charge in [-0.2, -0.15) is 0 Å². The summed E-state index contributed by atoms with van der Waals surface area (Å²) in [6.45, 7) is 2.46. The van der Waals surface area contributed by atoms with Crippen LogP contribution in [0.2, 0.25) is 0 Å². The first kappa shape index (κ1) is 30.3. The topological polar surface area (TPSA) is 77.8 Å². The van der Waals surface area contributed by atoms with Crippen molar-refractivity contribution in [3.63, 3.8) is 0 Å². The van der Waals surface area contributed by atoms with E-state index < -0.39 is 11.5 Å². The Balaban J connectivity index is 1.56. The standard InChI is InChI=1S/C28H43Br2NO4/c1-2-3-4-5-6-7-8-9-10-11-12-13-14-15-16-17-25(33)31-19-18-28(35,27(31)34)22-20-23(29)26(30)24(32)21-22/h20-21,32,35H,2-19H2,1H3/t28-/m0/s1. The van der Waals surface area contributed by atoms with Crippen molar-refractivity contribution in [1.82, 2.24) is 4.90 Å². The van der Waals surface area contributed by atoms with Crippen LogP contribution < -0.4 is 0 Å². The quantitative estimate of drug-likeness (QED) is 0.173. The van der Waals surface area contributed by atoms with E-state index in [1.807, 2.05) is 0 Å². The second kappa shape index (κ2) is 16.0. The molecule has 7 heteroatoms. The van der Waals surface area contributed by atoms with E-state index in [1.54, 1.807) is 6.07 Å². The Hall–Kier alpha value is -0.920. The number of carbonyl (C=O) groups excluding carboxylic acids is 2. The van der Waals surface area contributed by atoms with Crippen molar-refractivity contribution < 1.29 is 19.8 Å². The van der Waals surface area contributed by atoms with E-state index in [0.717, 1.165) is 19.3 Å². The van der Waals surface area contributed by atoms with Crippen molar-refractivity contribution in [2.75, 3.05) is 6.54 Å². The first-order valence-electron chi connectivity index (χ1n) is 13.6. The molecule has 1 aliphatic heterocycles. The van der Waals surface area contributed by atoms with Crippen molar-refractivity contribution in [3.05, 3.63) is 26.6 Å². The number of imide groups is 1. The fourth-order valence-corrected chi connectivity index (χ4v) is 5.49. The number of hydrogen-bond acceptors (Lipinski definition) is 4. The monoisotopic (exact) mass is 615 g/mol. The number of hydrogen-bond donors (Lipinski definition) is 2. The first-order valence-corrected chi connectivity index (χ1v) is 15.2. The number of likely N-dealkylation sites (tertiary alicyclic amines) is 1. The summed E-state index contributed by atoms with van der Waals surface area (Å²) in [5.74, 6) is -0.892. The van der Waals surface area contributed by atoms with Gasteiger partial charge in [-0.05, 0) is 56.0 Å². The molecule has 1 saturated heterocycles. The number of amides is 2.